The zero-order valence-corrected chi connectivity index (χ0v) is 17.9. The molecule has 1 aromatic heterocycles. The van der Waals surface area contributed by atoms with Gasteiger partial charge >= 0.3 is 5.97 Å². The van der Waals surface area contributed by atoms with E-state index in [1.165, 1.54) is 0 Å². The summed E-state index contributed by atoms with van der Waals surface area (Å²) in [5.41, 5.74) is 2.20. The molecule has 7 heteroatoms. The molecule has 0 saturated carbocycles. The summed E-state index contributed by atoms with van der Waals surface area (Å²) in [5, 5.41) is 3.83. The molecule has 4 rings (SSSR count). The van der Waals surface area contributed by atoms with Crippen molar-refractivity contribution >= 4 is 23.3 Å². The van der Waals surface area contributed by atoms with Crippen LogP contribution in [0.2, 0.25) is 0 Å². The summed E-state index contributed by atoms with van der Waals surface area (Å²) in [6.07, 6.45) is 1.58. The van der Waals surface area contributed by atoms with Crippen LogP contribution in [0.5, 0.6) is 0 Å². The normalized spacial score (nSPS) is 20.8. The van der Waals surface area contributed by atoms with Gasteiger partial charge < -0.3 is 19.5 Å². The number of benzene rings is 1. The van der Waals surface area contributed by atoms with E-state index in [9.17, 15) is 9.59 Å². The van der Waals surface area contributed by atoms with Crippen molar-refractivity contribution in [1.82, 2.24) is 14.8 Å². The molecule has 0 radical (unpaired) electrons. The highest BCUT2D eigenvalue weighted by Gasteiger charge is 2.36. The van der Waals surface area contributed by atoms with Gasteiger partial charge in [-0.25, -0.2) is 4.79 Å². The maximum absolute atomic E-state index is 12.6. The Morgan fingerprint density at radius 3 is 2.73 bits per heavy atom. The lowest BCUT2D eigenvalue weighted by Crippen LogP contribution is -2.55. The van der Waals surface area contributed by atoms with E-state index in [0.717, 1.165) is 37.3 Å². The Kier molecular flexibility index (Phi) is 6.18. The standard InChI is InChI=1S/C23H27N3O3S/c1-2-29-22(28)19(12-16-7-4-3-5-8-16)24-23(30)25-13-17-11-18(15-25)20-9-6-10-21(27)26(20)14-17/h3-10,17-19H,2,11-15H2,1H3,(H,24,30)/t17-,18?,19?/m0/s1. The first-order chi connectivity index (χ1) is 14.5. The number of rotatable bonds is 5. The number of ether oxygens (including phenoxy) is 1. The first kappa shape index (κ1) is 20.6. The minimum Gasteiger partial charge on any atom is -0.464 e. The largest absolute Gasteiger partial charge is 0.464 e. The molecule has 2 aromatic rings. The third kappa shape index (κ3) is 4.41. The van der Waals surface area contributed by atoms with E-state index in [4.69, 9.17) is 17.0 Å². The molecule has 0 amide bonds. The second-order valence-electron chi connectivity index (χ2n) is 8.05. The van der Waals surface area contributed by atoms with Crippen LogP contribution in [0.4, 0.5) is 0 Å². The number of carbonyl (C=O) groups excluding carboxylic acids is 1. The van der Waals surface area contributed by atoms with Gasteiger partial charge in [-0.1, -0.05) is 36.4 Å². The molecule has 1 fully saturated rings. The maximum atomic E-state index is 12.6. The lowest BCUT2D eigenvalue weighted by Gasteiger charge is -2.44. The van der Waals surface area contributed by atoms with Crippen LogP contribution in [0, 0.1) is 5.92 Å². The van der Waals surface area contributed by atoms with Gasteiger partial charge in [0.15, 0.2) is 5.11 Å². The van der Waals surface area contributed by atoms with Crippen LogP contribution >= 0.6 is 12.2 Å². The molecule has 3 heterocycles. The van der Waals surface area contributed by atoms with E-state index in [1.54, 1.807) is 13.0 Å². The van der Waals surface area contributed by atoms with Crippen molar-refractivity contribution in [3.05, 3.63) is 70.1 Å². The zero-order valence-electron chi connectivity index (χ0n) is 17.1. The minimum atomic E-state index is -0.531. The number of esters is 1. The van der Waals surface area contributed by atoms with E-state index in [1.807, 2.05) is 47.0 Å². The SMILES string of the molecule is CCOC(=O)C(Cc1ccccc1)NC(=S)N1CC2C[C@@H](C1)Cn1c2cccc1=O. The topological polar surface area (TPSA) is 63.6 Å². The Labute approximate surface area is 181 Å². The van der Waals surface area contributed by atoms with Gasteiger partial charge in [-0.2, -0.15) is 0 Å². The number of hydrogen-bond donors (Lipinski definition) is 1. The number of piperidine rings is 1. The van der Waals surface area contributed by atoms with Gasteiger partial charge in [-0.15, -0.1) is 0 Å². The number of carbonyl (C=O) groups is 1. The highest BCUT2D eigenvalue weighted by molar-refractivity contribution is 7.80. The van der Waals surface area contributed by atoms with Crippen molar-refractivity contribution in [2.75, 3.05) is 19.7 Å². The maximum Gasteiger partial charge on any atom is 0.328 e. The van der Waals surface area contributed by atoms with Gasteiger partial charge in [-0.3, -0.25) is 4.79 Å². The van der Waals surface area contributed by atoms with Crippen LogP contribution in [0.15, 0.2) is 53.3 Å². The summed E-state index contributed by atoms with van der Waals surface area (Å²) in [7, 11) is 0. The fourth-order valence-electron chi connectivity index (χ4n) is 4.59. The second-order valence-corrected chi connectivity index (χ2v) is 8.43. The van der Waals surface area contributed by atoms with Crippen molar-refractivity contribution in [3.8, 4) is 0 Å². The molecule has 1 saturated heterocycles. The molecule has 2 aliphatic heterocycles. The predicted octanol–water partition coefficient (Wildman–Crippen LogP) is 2.32. The molecule has 3 atom stereocenters. The van der Waals surface area contributed by atoms with Crippen molar-refractivity contribution in [1.29, 1.82) is 0 Å². The van der Waals surface area contributed by atoms with Crippen molar-refractivity contribution < 1.29 is 9.53 Å². The number of pyridine rings is 1. The number of likely N-dealkylation sites (tertiary alicyclic amines) is 1. The molecule has 1 N–H and O–H groups in total. The molecule has 0 spiro atoms. The number of nitrogens with zero attached hydrogens (tertiary/aromatic N) is 2. The van der Waals surface area contributed by atoms with Crippen molar-refractivity contribution in [2.24, 2.45) is 5.92 Å². The highest BCUT2D eigenvalue weighted by Crippen LogP contribution is 2.34. The molecule has 30 heavy (non-hydrogen) atoms. The first-order valence-corrected chi connectivity index (χ1v) is 10.9. The average Bonchev–Trinajstić information content (AvgIpc) is 2.75. The summed E-state index contributed by atoms with van der Waals surface area (Å²) in [4.78, 5) is 26.9. The molecular weight excluding hydrogens is 398 g/mol. The Balaban J connectivity index is 1.48. The number of fused-ring (bicyclic) bond motifs is 4. The quantitative estimate of drug-likeness (QED) is 0.586. The Hall–Kier alpha value is -2.67. The molecule has 2 bridgehead atoms. The van der Waals surface area contributed by atoms with Gasteiger partial charge in [0.2, 0.25) is 0 Å². The van der Waals surface area contributed by atoms with E-state index < -0.39 is 6.04 Å². The van der Waals surface area contributed by atoms with Crippen LogP contribution in [0.3, 0.4) is 0 Å². The summed E-state index contributed by atoms with van der Waals surface area (Å²) < 4.78 is 7.19. The molecule has 0 aliphatic carbocycles. The van der Waals surface area contributed by atoms with E-state index in [2.05, 4.69) is 10.2 Å². The lowest BCUT2D eigenvalue weighted by molar-refractivity contribution is -0.145. The van der Waals surface area contributed by atoms with Gasteiger partial charge in [0.05, 0.1) is 6.61 Å². The van der Waals surface area contributed by atoms with E-state index in [0.29, 0.717) is 24.1 Å². The number of hydrogen-bond acceptors (Lipinski definition) is 4. The lowest BCUT2D eigenvalue weighted by atomic mass is 9.83. The summed E-state index contributed by atoms with van der Waals surface area (Å²) in [6, 6.07) is 14.8. The molecule has 158 valence electrons. The van der Waals surface area contributed by atoms with Gasteiger partial charge in [0, 0.05) is 43.7 Å². The number of nitrogens with one attached hydrogen (secondary N) is 1. The average molecular weight is 426 g/mol. The van der Waals surface area contributed by atoms with Crippen molar-refractivity contribution in [3.63, 3.8) is 0 Å². The summed E-state index contributed by atoms with van der Waals surface area (Å²) in [5.74, 6) is 0.338. The van der Waals surface area contributed by atoms with Gasteiger partial charge in [-0.05, 0) is 43.1 Å². The van der Waals surface area contributed by atoms with Gasteiger partial charge in [0.25, 0.3) is 5.56 Å². The van der Waals surface area contributed by atoms with Crippen LogP contribution in [0.25, 0.3) is 0 Å². The van der Waals surface area contributed by atoms with E-state index in [-0.39, 0.29) is 17.4 Å². The Morgan fingerprint density at radius 1 is 1.17 bits per heavy atom. The smallest absolute Gasteiger partial charge is 0.328 e. The first-order valence-electron chi connectivity index (χ1n) is 10.5. The number of aromatic nitrogens is 1. The Bertz CT molecular complexity index is 975. The minimum absolute atomic E-state index is 0.0709. The molecule has 6 nitrogen and oxygen atoms in total. The zero-order chi connectivity index (χ0) is 21.1. The number of thiocarbonyl (C=S) groups is 1. The Morgan fingerprint density at radius 2 is 1.97 bits per heavy atom. The summed E-state index contributed by atoms with van der Waals surface area (Å²) >= 11 is 5.71. The molecule has 1 aromatic carbocycles. The third-order valence-corrected chi connectivity index (χ3v) is 6.29. The second kappa shape index (κ2) is 9.00. The van der Waals surface area contributed by atoms with Crippen LogP contribution < -0.4 is 10.9 Å². The van der Waals surface area contributed by atoms with Crippen molar-refractivity contribution in [2.45, 2.75) is 38.3 Å². The highest BCUT2D eigenvalue weighted by atomic mass is 32.1. The third-order valence-electron chi connectivity index (χ3n) is 5.92. The van der Waals surface area contributed by atoms with E-state index >= 15 is 0 Å². The molecule has 2 aliphatic rings. The predicted molar refractivity (Wildman–Crippen MR) is 119 cm³/mol. The molecule has 2 unspecified atom stereocenters. The fraction of sp³-hybridized carbons (Fsp3) is 0.435. The van der Waals surface area contributed by atoms with Crippen LogP contribution in [-0.2, 0) is 22.5 Å². The van der Waals surface area contributed by atoms with Crippen LogP contribution in [0.1, 0.15) is 30.5 Å². The summed E-state index contributed by atoms with van der Waals surface area (Å²) in [6.45, 7) is 4.38. The van der Waals surface area contributed by atoms with Gasteiger partial charge in [0.1, 0.15) is 6.04 Å². The van der Waals surface area contributed by atoms with Crippen LogP contribution in [-0.4, -0.2) is 46.3 Å². The molecular formula is C23H27N3O3S. The monoisotopic (exact) mass is 425 g/mol. The fourth-order valence-corrected chi connectivity index (χ4v) is 4.88.